The van der Waals surface area contributed by atoms with Crippen LogP contribution in [0.5, 0.6) is 0 Å². The molecule has 0 atom stereocenters. The Kier molecular flexibility index (Phi) is 4.86. The summed E-state index contributed by atoms with van der Waals surface area (Å²) in [5.41, 5.74) is 0.656. The molecule has 0 bridgehead atoms. The second-order valence-corrected chi connectivity index (χ2v) is 6.38. The zero-order valence-electron chi connectivity index (χ0n) is 14.4. The first kappa shape index (κ1) is 16.9. The zero-order valence-corrected chi connectivity index (χ0v) is 15.2. The third kappa shape index (κ3) is 3.16. The third-order valence-corrected chi connectivity index (χ3v) is 4.94. The summed E-state index contributed by atoms with van der Waals surface area (Å²) in [6, 6.07) is 1.74. The molecule has 0 saturated carbocycles. The van der Waals surface area contributed by atoms with Gasteiger partial charge in [-0.05, 0) is 39.1 Å². The minimum atomic E-state index is 0.0450. The second kappa shape index (κ2) is 6.90. The van der Waals surface area contributed by atoms with E-state index in [4.69, 9.17) is 16.6 Å². The highest BCUT2D eigenvalue weighted by Gasteiger charge is 2.24. The van der Waals surface area contributed by atoms with Gasteiger partial charge in [-0.15, -0.1) is 0 Å². The van der Waals surface area contributed by atoms with Crippen molar-refractivity contribution in [2.45, 2.75) is 34.0 Å². The zero-order chi connectivity index (χ0) is 17.3. The quantitative estimate of drug-likeness (QED) is 0.791. The van der Waals surface area contributed by atoms with E-state index in [0.29, 0.717) is 31.1 Å². The van der Waals surface area contributed by atoms with E-state index in [1.807, 2.05) is 28.0 Å². The first-order valence-electron chi connectivity index (χ1n) is 8.21. The molecule has 1 aliphatic rings. The van der Waals surface area contributed by atoms with E-state index in [1.165, 1.54) is 0 Å². The Balaban J connectivity index is 1.61. The van der Waals surface area contributed by atoms with Gasteiger partial charge in [-0.3, -0.25) is 9.69 Å². The molecule has 0 aliphatic carbocycles. The molecule has 130 valence electrons. The Morgan fingerprint density at radius 3 is 2.54 bits per heavy atom. The van der Waals surface area contributed by atoms with E-state index in [2.05, 4.69) is 16.9 Å². The van der Waals surface area contributed by atoms with E-state index in [-0.39, 0.29) is 5.91 Å². The van der Waals surface area contributed by atoms with Crippen LogP contribution in [-0.2, 0) is 13.2 Å². The summed E-state index contributed by atoms with van der Waals surface area (Å²) < 4.78 is 9.87. The Morgan fingerprint density at radius 2 is 2.00 bits per heavy atom. The van der Waals surface area contributed by atoms with E-state index in [9.17, 15) is 4.79 Å². The van der Waals surface area contributed by atoms with Gasteiger partial charge in [0, 0.05) is 32.7 Å². The minimum absolute atomic E-state index is 0.0450. The van der Waals surface area contributed by atoms with Gasteiger partial charge in [-0.2, -0.15) is 5.10 Å². The van der Waals surface area contributed by atoms with Crippen LogP contribution in [0.25, 0.3) is 0 Å². The molecule has 1 fully saturated rings. The fourth-order valence-corrected chi connectivity index (χ4v) is 3.42. The molecule has 0 unspecified atom stereocenters. The van der Waals surface area contributed by atoms with Crippen LogP contribution in [0.2, 0.25) is 0 Å². The molecule has 0 aromatic carbocycles. The molecule has 3 rings (SSSR count). The van der Waals surface area contributed by atoms with Gasteiger partial charge in [0.1, 0.15) is 11.6 Å². The van der Waals surface area contributed by atoms with Gasteiger partial charge >= 0.3 is 0 Å². The van der Waals surface area contributed by atoms with Crippen molar-refractivity contribution in [1.82, 2.24) is 24.1 Å². The van der Waals surface area contributed by atoms with Crippen molar-refractivity contribution in [1.29, 1.82) is 0 Å². The highest BCUT2D eigenvalue weighted by atomic mass is 32.1. The molecule has 1 amide bonds. The molecule has 2 aromatic rings. The standard InChI is InChI=1S/C16H23N5O2S/c1-4-20-13(3)17-21(16(20)24)11-18-6-8-19(9-7-18)15(22)14-5-10-23-12(14)2/h5,10H,4,6-9,11H2,1-3H3. The van der Waals surface area contributed by atoms with E-state index in [0.717, 1.165) is 30.2 Å². The summed E-state index contributed by atoms with van der Waals surface area (Å²) in [6.07, 6.45) is 1.56. The Labute approximate surface area is 146 Å². The summed E-state index contributed by atoms with van der Waals surface area (Å²) in [7, 11) is 0. The topological polar surface area (TPSA) is 59.4 Å². The lowest BCUT2D eigenvalue weighted by Crippen LogP contribution is -2.49. The van der Waals surface area contributed by atoms with Crippen LogP contribution >= 0.6 is 12.2 Å². The molecule has 0 N–H and O–H groups in total. The first-order chi connectivity index (χ1) is 11.5. The largest absolute Gasteiger partial charge is 0.469 e. The average molecular weight is 349 g/mol. The van der Waals surface area contributed by atoms with E-state index < -0.39 is 0 Å². The number of amides is 1. The van der Waals surface area contributed by atoms with Crippen molar-refractivity contribution >= 4 is 18.1 Å². The molecule has 1 saturated heterocycles. The maximum atomic E-state index is 12.5. The maximum absolute atomic E-state index is 12.5. The van der Waals surface area contributed by atoms with Gasteiger partial charge in [-0.25, -0.2) is 4.68 Å². The van der Waals surface area contributed by atoms with Gasteiger partial charge in [0.15, 0.2) is 4.77 Å². The lowest BCUT2D eigenvalue weighted by Gasteiger charge is -2.34. The minimum Gasteiger partial charge on any atom is -0.469 e. The molecule has 2 aromatic heterocycles. The third-order valence-electron chi connectivity index (χ3n) is 4.51. The fourth-order valence-electron chi connectivity index (χ4n) is 3.06. The number of aromatic nitrogens is 3. The van der Waals surface area contributed by atoms with Gasteiger partial charge < -0.3 is 13.9 Å². The number of nitrogens with zero attached hydrogens (tertiary/aromatic N) is 5. The van der Waals surface area contributed by atoms with Crippen LogP contribution in [0.1, 0.15) is 28.9 Å². The fraction of sp³-hybridized carbons (Fsp3) is 0.562. The molecular formula is C16H23N5O2S. The van der Waals surface area contributed by atoms with Crippen LogP contribution in [0.4, 0.5) is 0 Å². The number of rotatable bonds is 4. The van der Waals surface area contributed by atoms with Crippen molar-refractivity contribution in [2.24, 2.45) is 0 Å². The number of hydrogen-bond acceptors (Lipinski definition) is 5. The van der Waals surface area contributed by atoms with Gasteiger partial charge in [0.25, 0.3) is 5.91 Å². The molecule has 7 nitrogen and oxygen atoms in total. The number of carbonyl (C=O) groups excluding carboxylic acids is 1. The smallest absolute Gasteiger partial charge is 0.257 e. The van der Waals surface area contributed by atoms with Crippen molar-refractivity contribution < 1.29 is 9.21 Å². The molecule has 3 heterocycles. The van der Waals surface area contributed by atoms with Crippen molar-refractivity contribution in [3.63, 3.8) is 0 Å². The lowest BCUT2D eigenvalue weighted by molar-refractivity contribution is 0.0583. The monoisotopic (exact) mass is 349 g/mol. The SMILES string of the molecule is CCn1c(C)nn(CN2CCN(C(=O)c3ccoc3C)CC2)c1=S. The number of aryl methyl sites for hydroxylation is 2. The number of furan rings is 1. The molecule has 0 spiro atoms. The Hall–Kier alpha value is -1.93. The van der Waals surface area contributed by atoms with Crippen LogP contribution in [0.15, 0.2) is 16.7 Å². The van der Waals surface area contributed by atoms with Crippen LogP contribution in [0, 0.1) is 18.6 Å². The molecule has 0 radical (unpaired) electrons. The van der Waals surface area contributed by atoms with Crippen LogP contribution < -0.4 is 0 Å². The predicted molar refractivity (Wildman–Crippen MR) is 92.4 cm³/mol. The van der Waals surface area contributed by atoms with Gasteiger partial charge in [0.05, 0.1) is 18.5 Å². The van der Waals surface area contributed by atoms with Gasteiger partial charge in [-0.1, -0.05) is 0 Å². The number of piperazine rings is 1. The Bertz CT molecular complexity index is 783. The normalized spacial score (nSPS) is 15.9. The van der Waals surface area contributed by atoms with E-state index in [1.54, 1.807) is 12.3 Å². The van der Waals surface area contributed by atoms with Gasteiger partial charge in [0.2, 0.25) is 0 Å². The maximum Gasteiger partial charge on any atom is 0.257 e. The highest BCUT2D eigenvalue weighted by Crippen LogP contribution is 2.14. The molecule has 8 heteroatoms. The first-order valence-corrected chi connectivity index (χ1v) is 8.62. The summed E-state index contributed by atoms with van der Waals surface area (Å²) >= 11 is 5.48. The van der Waals surface area contributed by atoms with Crippen molar-refractivity contribution in [2.75, 3.05) is 26.2 Å². The molecular weight excluding hydrogens is 326 g/mol. The second-order valence-electron chi connectivity index (χ2n) is 6.02. The average Bonchev–Trinajstić information content (AvgIpc) is 3.11. The number of hydrogen-bond donors (Lipinski definition) is 0. The van der Waals surface area contributed by atoms with Crippen LogP contribution in [0.3, 0.4) is 0 Å². The lowest BCUT2D eigenvalue weighted by atomic mass is 10.2. The van der Waals surface area contributed by atoms with Crippen LogP contribution in [-0.4, -0.2) is 56.2 Å². The van der Waals surface area contributed by atoms with E-state index >= 15 is 0 Å². The number of carbonyl (C=O) groups is 1. The van der Waals surface area contributed by atoms with Crippen molar-refractivity contribution in [3.8, 4) is 0 Å². The summed E-state index contributed by atoms with van der Waals surface area (Å²) in [5, 5.41) is 4.52. The highest BCUT2D eigenvalue weighted by molar-refractivity contribution is 7.71. The predicted octanol–water partition coefficient (Wildman–Crippen LogP) is 2.06. The summed E-state index contributed by atoms with van der Waals surface area (Å²) in [5.74, 6) is 1.66. The molecule has 24 heavy (non-hydrogen) atoms. The summed E-state index contributed by atoms with van der Waals surface area (Å²) in [4.78, 5) is 16.6. The summed E-state index contributed by atoms with van der Waals surface area (Å²) in [6.45, 7) is 10.4. The Morgan fingerprint density at radius 1 is 1.29 bits per heavy atom. The molecule has 1 aliphatic heterocycles. The van der Waals surface area contributed by atoms with Crippen molar-refractivity contribution in [3.05, 3.63) is 34.2 Å².